The summed E-state index contributed by atoms with van der Waals surface area (Å²) in [5.74, 6) is 1.88. The number of fused-ring (bicyclic) bond motifs is 1. The molecule has 1 saturated heterocycles. The lowest BCUT2D eigenvalue weighted by Crippen LogP contribution is -2.27. The smallest absolute Gasteiger partial charge is 0.231 e. The second-order valence-electron chi connectivity index (χ2n) is 4.56. The van der Waals surface area contributed by atoms with Crippen molar-refractivity contribution in [1.29, 1.82) is 0 Å². The number of hydrogen-bond acceptors (Lipinski definition) is 3. The minimum Gasteiger partial charge on any atom is -0.454 e. The number of piperidine rings is 1. The lowest BCUT2D eigenvalue weighted by atomic mass is 9.87. The maximum Gasteiger partial charge on any atom is 0.231 e. The Morgan fingerprint density at radius 2 is 1.88 bits per heavy atom. The minimum absolute atomic E-state index is 0.247. The maximum atomic E-state index is 13.1. The number of halogens is 1. The molecule has 2 aliphatic rings. The summed E-state index contributed by atoms with van der Waals surface area (Å²) in [5.41, 5.74) is 1.85. The Bertz CT molecular complexity index is 416. The standard InChI is InChI=1S/C13H16FNO2/c14-7-10-5-12-13(17-8-16-12)6-11(10)9-1-3-15-4-2-9/h5-6,9,15H,1-4,7-8H2. The van der Waals surface area contributed by atoms with E-state index in [1.165, 1.54) is 0 Å². The van der Waals surface area contributed by atoms with Crippen LogP contribution in [0.1, 0.15) is 29.9 Å². The first kappa shape index (κ1) is 10.8. The van der Waals surface area contributed by atoms with Gasteiger partial charge in [-0.1, -0.05) is 0 Å². The predicted octanol–water partition coefficient (Wildman–Crippen LogP) is 2.35. The van der Waals surface area contributed by atoms with Gasteiger partial charge >= 0.3 is 0 Å². The van der Waals surface area contributed by atoms with E-state index in [0.717, 1.165) is 42.8 Å². The molecule has 92 valence electrons. The van der Waals surface area contributed by atoms with E-state index in [1.807, 2.05) is 6.07 Å². The fourth-order valence-electron chi connectivity index (χ4n) is 2.63. The normalized spacial score (nSPS) is 19.6. The predicted molar refractivity (Wildman–Crippen MR) is 62.2 cm³/mol. The molecule has 1 aromatic carbocycles. The van der Waals surface area contributed by atoms with Crippen LogP contribution >= 0.6 is 0 Å². The van der Waals surface area contributed by atoms with E-state index in [9.17, 15) is 4.39 Å². The summed E-state index contributed by atoms with van der Waals surface area (Å²) in [6.45, 7) is 1.82. The van der Waals surface area contributed by atoms with E-state index in [2.05, 4.69) is 5.32 Å². The van der Waals surface area contributed by atoms with E-state index in [0.29, 0.717) is 11.7 Å². The molecular formula is C13H16FNO2. The van der Waals surface area contributed by atoms with Crippen LogP contribution in [0.4, 0.5) is 4.39 Å². The molecule has 1 N–H and O–H groups in total. The van der Waals surface area contributed by atoms with Crippen molar-refractivity contribution >= 4 is 0 Å². The molecule has 0 atom stereocenters. The average molecular weight is 237 g/mol. The largest absolute Gasteiger partial charge is 0.454 e. The molecular weight excluding hydrogens is 221 g/mol. The summed E-state index contributed by atoms with van der Waals surface area (Å²) >= 11 is 0. The fraction of sp³-hybridized carbons (Fsp3) is 0.538. The van der Waals surface area contributed by atoms with Gasteiger partial charge in [0.25, 0.3) is 0 Å². The van der Waals surface area contributed by atoms with E-state index < -0.39 is 6.67 Å². The van der Waals surface area contributed by atoms with Gasteiger partial charge in [0, 0.05) is 0 Å². The number of hydrogen-bond donors (Lipinski definition) is 1. The van der Waals surface area contributed by atoms with Crippen LogP contribution in [0.2, 0.25) is 0 Å². The minimum atomic E-state index is -0.435. The van der Waals surface area contributed by atoms with Crippen LogP contribution < -0.4 is 14.8 Å². The van der Waals surface area contributed by atoms with Gasteiger partial charge in [0.2, 0.25) is 6.79 Å². The van der Waals surface area contributed by atoms with Gasteiger partial charge in [0.1, 0.15) is 6.67 Å². The zero-order chi connectivity index (χ0) is 11.7. The molecule has 17 heavy (non-hydrogen) atoms. The zero-order valence-corrected chi connectivity index (χ0v) is 9.67. The van der Waals surface area contributed by atoms with Crippen molar-refractivity contribution in [3.8, 4) is 11.5 Å². The molecule has 3 nitrogen and oxygen atoms in total. The highest BCUT2D eigenvalue weighted by Gasteiger charge is 2.23. The summed E-state index contributed by atoms with van der Waals surface area (Å²) < 4.78 is 23.7. The van der Waals surface area contributed by atoms with Gasteiger partial charge < -0.3 is 14.8 Å². The molecule has 2 aliphatic heterocycles. The van der Waals surface area contributed by atoms with E-state index in [-0.39, 0.29) is 6.79 Å². The van der Waals surface area contributed by atoms with Crippen molar-refractivity contribution in [2.45, 2.75) is 25.4 Å². The first-order chi connectivity index (χ1) is 8.38. The zero-order valence-electron chi connectivity index (χ0n) is 9.67. The molecule has 0 radical (unpaired) electrons. The molecule has 4 heteroatoms. The first-order valence-electron chi connectivity index (χ1n) is 6.07. The number of alkyl halides is 1. The Morgan fingerprint density at radius 1 is 1.18 bits per heavy atom. The molecule has 0 amide bonds. The highest BCUT2D eigenvalue weighted by atomic mass is 19.1. The number of ether oxygens (including phenoxy) is 2. The van der Waals surface area contributed by atoms with Crippen LogP contribution in [0.15, 0.2) is 12.1 Å². The molecule has 1 fully saturated rings. The maximum absolute atomic E-state index is 13.1. The van der Waals surface area contributed by atoms with Gasteiger partial charge in [-0.3, -0.25) is 0 Å². The van der Waals surface area contributed by atoms with Gasteiger partial charge in [-0.25, -0.2) is 4.39 Å². The molecule has 0 bridgehead atoms. The molecule has 0 saturated carbocycles. The van der Waals surface area contributed by atoms with Crippen molar-refractivity contribution in [1.82, 2.24) is 5.32 Å². The highest BCUT2D eigenvalue weighted by molar-refractivity contribution is 5.49. The molecule has 0 spiro atoms. The van der Waals surface area contributed by atoms with Crippen molar-refractivity contribution in [2.75, 3.05) is 19.9 Å². The summed E-state index contributed by atoms with van der Waals surface area (Å²) in [6.07, 6.45) is 2.12. The molecule has 0 unspecified atom stereocenters. The Morgan fingerprint density at radius 3 is 2.59 bits per heavy atom. The van der Waals surface area contributed by atoms with Crippen LogP contribution in [0.3, 0.4) is 0 Å². The highest BCUT2D eigenvalue weighted by Crippen LogP contribution is 2.39. The van der Waals surface area contributed by atoms with E-state index in [1.54, 1.807) is 6.07 Å². The molecule has 3 rings (SSSR count). The SMILES string of the molecule is FCc1cc2c(cc1C1CCNCC1)OCO2. The molecule has 0 aromatic heterocycles. The fourth-order valence-corrected chi connectivity index (χ4v) is 2.63. The van der Waals surface area contributed by atoms with Crippen LogP contribution in [-0.4, -0.2) is 19.9 Å². The van der Waals surface area contributed by atoms with Gasteiger partial charge in [0.05, 0.1) is 0 Å². The number of rotatable bonds is 2. The van der Waals surface area contributed by atoms with Crippen molar-refractivity contribution < 1.29 is 13.9 Å². The van der Waals surface area contributed by atoms with Crippen LogP contribution in [0.25, 0.3) is 0 Å². The van der Waals surface area contributed by atoms with Crippen molar-refractivity contribution in [2.24, 2.45) is 0 Å². The Kier molecular flexibility index (Phi) is 2.89. The van der Waals surface area contributed by atoms with Crippen LogP contribution in [0, 0.1) is 0 Å². The lowest BCUT2D eigenvalue weighted by Gasteiger charge is -2.24. The van der Waals surface area contributed by atoms with Crippen molar-refractivity contribution in [3.05, 3.63) is 23.3 Å². The van der Waals surface area contributed by atoms with Crippen molar-refractivity contribution in [3.63, 3.8) is 0 Å². The van der Waals surface area contributed by atoms with Gasteiger partial charge in [0.15, 0.2) is 11.5 Å². The monoisotopic (exact) mass is 237 g/mol. The lowest BCUT2D eigenvalue weighted by molar-refractivity contribution is 0.174. The third-order valence-corrected chi connectivity index (χ3v) is 3.56. The molecule has 2 heterocycles. The third kappa shape index (κ3) is 1.97. The van der Waals surface area contributed by atoms with Gasteiger partial charge in [-0.05, 0) is 55.1 Å². The third-order valence-electron chi connectivity index (χ3n) is 3.56. The Labute approximate surface area is 99.9 Å². The number of nitrogens with one attached hydrogen (secondary N) is 1. The summed E-state index contributed by atoms with van der Waals surface area (Å²) in [7, 11) is 0. The summed E-state index contributed by atoms with van der Waals surface area (Å²) in [5, 5.41) is 3.32. The average Bonchev–Trinajstić information content (AvgIpc) is 2.85. The molecule has 0 aliphatic carbocycles. The topological polar surface area (TPSA) is 30.5 Å². The summed E-state index contributed by atoms with van der Waals surface area (Å²) in [6, 6.07) is 3.76. The second kappa shape index (κ2) is 4.53. The Hall–Kier alpha value is -1.29. The van der Waals surface area contributed by atoms with Crippen LogP contribution in [0.5, 0.6) is 11.5 Å². The van der Waals surface area contributed by atoms with Crippen LogP contribution in [-0.2, 0) is 6.67 Å². The van der Waals surface area contributed by atoms with Gasteiger partial charge in [-0.2, -0.15) is 0 Å². The van der Waals surface area contributed by atoms with E-state index >= 15 is 0 Å². The summed E-state index contributed by atoms with van der Waals surface area (Å²) in [4.78, 5) is 0. The number of benzene rings is 1. The Balaban J connectivity index is 1.96. The first-order valence-corrected chi connectivity index (χ1v) is 6.07. The quantitative estimate of drug-likeness (QED) is 0.856. The molecule has 1 aromatic rings. The van der Waals surface area contributed by atoms with E-state index in [4.69, 9.17) is 9.47 Å². The van der Waals surface area contributed by atoms with Gasteiger partial charge in [-0.15, -0.1) is 0 Å². The second-order valence-corrected chi connectivity index (χ2v) is 4.56.